The molecule has 0 aliphatic carbocycles. The molecule has 0 spiro atoms. The number of carbonyl (C=O) groups excluding carboxylic acids is 1. The molecule has 1 unspecified atom stereocenters. The molecule has 1 rings (SSSR count). The Labute approximate surface area is 124 Å². The molecule has 0 radical (unpaired) electrons. The zero-order chi connectivity index (χ0) is 16.2. The number of nitrogens with zero attached hydrogens (tertiary/aromatic N) is 2. The van der Waals surface area contributed by atoms with Gasteiger partial charge >= 0.3 is 12.0 Å². The number of carboxylic acids is 1. The summed E-state index contributed by atoms with van der Waals surface area (Å²) in [6.07, 6.45) is 1.59. The van der Waals surface area contributed by atoms with Crippen LogP contribution < -0.4 is 10.6 Å². The van der Waals surface area contributed by atoms with Gasteiger partial charge in [-0.25, -0.2) is 4.79 Å². The Morgan fingerprint density at radius 1 is 1.43 bits per heavy atom. The maximum atomic E-state index is 11.9. The van der Waals surface area contributed by atoms with Crippen LogP contribution in [0.25, 0.3) is 0 Å². The van der Waals surface area contributed by atoms with Crippen molar-refractivity contribution in [3.8, 4) is 0 Å². The van der Waals surface area contributed by atoms with Crippen LogP contribution in [0.15, 0.2) is 6.20 Å². The lowest BCUT2D eigenvalue weighted by Gasteiger charge is -2.30. The van der Waals surface area contributed by atoms with Gasteiger partial charge in [0.2, 0.25) is 0 Å². The van der Waals surface area contributed by atoms with Crippen LogP contribution in [-0.4, -0.2) is 32.9 Å². The van der Waals surface area contributed by atoms with Crippen molar-refractivity contribution in [3.63, 3.8) is 0 Å². The van der Waals surface area contributed by atoms with Crippen LogP contribution in [0.5, 0.6) is 0 Å². The van der Waals surface area contributed by atoms with Crippen molar-refractivity contribution < 1.29 is 14.7 Å². The van der Waals surface area contributed by atoms with Gasteiger partial charge in [-0.15, -0.1) is 0 Å². The summed E-state index contributed by atoms with van der Waals surface area (Å²) in [5.74, 6) is -0.932. The highest BCUT2D eigenvalue weighted by atomic mass is 16.4. The van der Waals surface area contributed by atoms with E-state index >= 15 is 0 Å². The van der Waals surface area contributed by atoms with Gasteiger partial charge in [0.05, 0.1) is 12.6 Å². The standard InChI is InChI=1S/C14H24N4O3/c1-9-10(8-16-18(9)5)7-15-13(21)17-11(6-12(19)20)14(2,3)4/h8,11H,6-7H2,1-5H3,(H,19,20)(H2,15,17,21). The maximum absolute atomic E-state index is 11.9. The molecule has 7 nitrogen and oxygen atoms in total. The van der Waals surface area contributed by atoms with Gasteiger partial charge < -0.3 is 15.7 Å². The molecule has 3 N–H and O–H groups in total. The third-order valence-corrected chi connectivity index (χ3v) is 3.51. The monoisotopic (exact) mass is 296 g/mol. The average Bonchev–Trinajstić information content (AvgIpc) is 2.65. The predicted molar refractivity (Wildman–Crippen MR) is 78.8 cm³/mol. The first-order valence-corrected chi connectivity index (χ1v) is 6.85. The third kappa shape index (κ3) is 5.09. The summed E-state index contributed by atoms with van der Waals surface area (Å²) < 4.78 is 1.73. The predicted octanol–water partition coefficient (Wildman–Crippen LogP) is 1.42. The Balaban J connectivity index is 2.58. The average molecular weight is 296 g/mol. The first kappa shape index (κ1) is 17.0. The summed E-state index contributed by atoms with van der Waals surface area (Å²) in [4.78, 5) is 22.8. The topological polar surface area (TPSA) is 96.2 Å². The second kappa shape index (κ2) is 6.60. The number of hydrogen-bond donors (Lipinski definition) is 3. The van der Waals surface area contributed by atoms with Gasteiger partial charge in [-0.2, -0.15) is 5.10 Å². The Bertz CT molecular complexity index is 517. The molecule has 0 bridgehead atoms. The molecule has 2 amide bonds. The van der Waals surface area contributed by atoms with Crippen LogP contribution in [0.2, 0.25) is 0 Å². The van der Waals surface area contributed by atoms with E-state index in [4.69, 9.17) is 5.11 Å². The fraction of sp³-hybridized carbons (Fsp3) is 0.643. The van der Waals surface area contributed by atoms with Crippen molar-refractivity contribution in [2.75, 3.05) is 0 Å². The maximum Gasteiger partial charge on any atom is 0.315 e. The summed E-state index contributed by atoms with van der Waals surface area (Å²) in [6.45, 7) is 7.96. The Hall–Kier alpha value is -2.05. The van der Waals surface area contributed by atoms with Crippen LogP contribution in [0.1, 0.15) is 38.4 Å². The Morgan fingerprint density at radius 3 is 2.48 bits per heavy atom. The summed E-state index contributed by atoms with van der Waals surface area (Å²) in [7, 11) is 1.83. The minimum absolute atomic E-state index is 0.108. The van der Waals surface area contributed by atoms with Gasteiger partial charge in [0.15, 0.2) is 0 Å². The first-order chi connectivity index (χ1) is 9.61. The van der Waals surface area contributed by atoms with E-state index in [1.54, 1.807) is 10.9 Å². The lowest BCUT2D eigenvalue weighted by molar-refractivity contribution is -0.138. The second-order valence-corrected chi connectivity index (χ2v) is 6.22. The molecule has 1 heterocycles. The van der Waals surface area contributed by atoms with Crippen molar-refractivity contribution >= 4 is 12.0 Å². The molecule has 1 aromatic rings. The van der Waals surface area contributed by atoms with Crippen molar-refractivity contribution in [1.82, 2.24) is 20.4 Å². The number of aryl methyl sites for hydroxylation is 1. The second-order valence-electron chi connectivity index (χ2n) is 6.22. The number of amides is 2. The largest absolute Gasteiger partial charge is 0.481 e. The van der Waals surface area contributed by atoms with Crippen LogP contribution in [0, 0.1) is 12.3 Å². The molecule has 118 valence electrons. The van der Waals surface area contributed by atoms with Crippen LogP contribution in [-0.2, 0) is 18.4 Å². The van der Waals surface area contributed by atoms with Crippen molar-refractivity contribution in [2.45, 2.75) is 46.7 Å². The van der Waals surface area contributed by atoms with Crippen LogP contribution in [0.3, 0.4) is 0 Å². The number of carbonyl (C=O) groups is 2. The Kier molecular flexibility index (Phi) is 5.34. The molecule has 0 aliphatic rings. The molecule has 0 saturated heterocycles. The van der Waals surface area contributed by atoms with Crippen molar-refractivity contribution in [2.24, 2.45) is 12.5 Å². The highest BCUT2D eigenvalue weighted by molar-refractivity contribution is 5.75. The zero-order valence-corrected chi connectivity index (χ0v) is 13.2. The molecule has 0 fully saturated rings. The van der Waals surface area contributed by atoms with E-state index in [-0.39, 0.29) is 17.9 Å². The van der Waals surface area contributed by atoms with E-state index in [9.17, 15) is 9.59 Å². The molecular formula is C14H24N4O3. The number of carboxylic acid groups (broad SMARTS) is 1. The summed E-state index contributed by atoms with van der Waals surface area (Å²) in [6, 6.07) is -0.815. The van der Waals surface area contributed by atoms with E-state index in [1.807, 2.05) is 34.7 Å². The van der Waals surface area contributed by atoms with Gasteiger partial charge in [0, 0.05) is 30.9 Å². The van der Waals surface area contributed by atoms with E-state index in [0.717, 1.165) is 11.3 Å². The summed E-state index contributed by atoms with van der Waals surface area (Å²) in [5.41, 5.74) is 1.58. The minimum atomic E-state index is -0.932. The molecule has 1 aromatic heterocycles. The summed E-state index contributed by atoms with van der Waals surface area (Å²) in [5, 5.41) is 18.5. The fourth-order valence-electron chi connectivity index (χ4n) is 1.85. The molecule has 0 aliphatic heterocycles. The fourth-order valence-corrected chi connectivity index (χ4v) is 1.85. The van der Waals surface area contributed by atoms with Crippen molar-refractivity contribution in [1.29, 1.82) is 0 Å². The first-order valence-electron chi connectivity index (χ1n) is 6.85. The number of rotatable bonds is 5. The van der Waals surface area contributed by atoms with Gasteiger partial charge in [-0.3, -0.25) is 9.48 Å². The van der Waals surface area contributed by atoms with Crippen LogP contribution in [0.4, 0.5) is 4.79 Å². The van der Waals surface area contributed by atoms with Gasteiger partial charge in [0.25, 0.3) is 0 Å². The van der Waals surface area contributed by atoms with E-state index in [0.29, 0.717) is 6.54 Å². The molecule has 7 heteroatoms. The minimum Gasteiger partial charge on any atom is -0.481 e. The highest BCUT2D eigenvalue weighted by Crippen LogP contribution is 2.21. The van der Waals surface area contributed by atoms with E-state index < -0.39 is 12.0 Å². The highest BCUT2D eigenvalue weighted by Gasteiger charge is 2.28. The van der Waals surface area contributed by atoms with Gasteiger partial charge in [-0.1, -0.05) is 20.8 Å². The SMILES string of the molecule is Cc1c(CNC(=O)NC(CC(=O)O)C(C)(C)C)cnn1C. The lowest BCUT2D eigenvalue weighted by Crippen LogP contribution is -2.48. The normalized spacial score (nSPS) is 12.8. The number of urea groups is 1. The molecule has 21 heavy (non-hydrogen) atoms. The van der Waals surface area contributed by atoms with E-state index in [1.165, 1.54) is 0 Å². The van der Waals surface area contributed by atoms with Crippen molar-refractivity contribution in [3.05, 3.63) is 17.5 Å². The molecular weight excluding hydrogens is 272 g/mol. The number of aromatic nitrogens is 2. The number of nitrogens with one attached hydrogen (secondary N) is 2. The third-order valence-electron chi connectivity index (χ3n) is 3.51. The molecule has 0 saturated carbocycles. The molecule has 1 atom stereocenters. The molecule has 0 aromatic carbocycles. The van der Waals surface area contributed by atoms with Gasteiger partial charge in [-0.05, 0) is 12.3 Å². The van der Waals surface area contributed by atoms with Crippen LogP contribution >= 0.6 is 0 Å². The Morgan fingerprint density at radius 2 is 2.05 bits per heavy atom. The summed E-state index contributed by atoms with van der Waals surface area (Å²) >= 11 is 0. The van der Waals surface area contributed by atoms with E-state index in [2.05, 4.69) is 15.7 Å². The zero-order valence-electron chi connectivity index (χ0n) is 13.2. The lowest BCUT2D eigenvalue weighted by atomic mass is 9.85. The smallest absolute Gasteiger partial charge is 0.315 e. The number of hydrogen-bond acceptors (Lipinski definition) is 3. The number of aliphatic carboxylic acids is 1. The van der Waals surface area contributed by atoms with Gasteiger partial charge in [0.1, 0.15) is 0 Å². The quantitative estimate of drug-likeness (QED) is 0.765.